The van der Waals surface area contributed by atoms with Crippen molar-refractivity contribution in [2.45, 2.75) is 31.9 Å². The van der Waals surface area contributed by atoms with Crippen LogP contribution in [-0.2, 0) is 0 Å². The molecule has 0 N–H and O–H groups in total. The normalized spacial score (nSPS) is 33.7. The molecule has 3 heterocycles. The van der Waals surface area contributed by atoms with Crippen LogP contribution in [0.25, 0.3) is 0 Å². The lowest BCUT2D eigenvalue weighted by atomic mass is 9.66. The summed E-state index contributed by atoms with van der Waals surface area (Å²) < 4.78 is 2.43. The van der Waals surface area contributed by atoms with Gasteiger partial charge in [0.2, 0.25) is 0 Å². The molecule has 19 heavy (non-hydrogen) atoms. The molecule has 1 spiro atoms. The van der Waals surface area contributed by atoms with Crippen LogP contribution in [0.4, 0.5) is 0 Å². The van der Waals surface area contributed by atoms with Crippen LogP contribution >= 0.6 is 11.9 Å². The lowest BCUT2D eigenvalue weighted by molar-refractivity contribution is 0.0609. The summed E-state index contributed by atoms with van der Waals surface area (Å²) in [6.07, 6.45) is 9.16. The number of nitrogens with zero attached hydrogens (tertiary/aromatic N) is 3. The zero-order valence-electron chi connectivity index (χ0n) is 12.7. The predicted molar refractivity (Wildman–Crippen MR) is 85.6 cm³/mol. The third-order valence-corrected chi connectivity index (χ3v) is 5.64. The number of allylic oxidation sites excluding steroid dienone is 1. The van der Waals surface area contributed by atoms with Crippen LogP contribution in [0, 0.1) is 11.3 Å². The second kappa shape index (κ2) is 6.42. The Morgan fingerprint density at radius 1 is 1.21 bits per heavy atom. The van der Waals surface area contributed by atoms with Crippen LogP contribution in [0.15, 0.2) is 17.3 Å². The molecule has 2 unspecified atom stereocenters. The van der Waals surface area contributed by atoms with Gasteiger partial charge in [0.05, 0.1) is 5.25 Å². The first-order chi connectivity index (χ1) is 9.20. The van der Waals surface area contributed by atoms with E-state index in [1.807, 2.05) is 32.0 Å². The highest BCUT2D eigenvalue weighted by atomic mass is 32.2. The molecule has 108 valence electrons. The van der Waals surface area contributed by atoms with E-state index >= 15 is 0 Å². The van der Waals surface area contributed by atoms with Crippen LogP contribution in [0.2, 0.25) is 0 Å². The van der Waals surface area contributed by atoms with Gasteiger partial charge in [-0.3, -0.25) is 9.30 Å². The van der Waals surface area contributed by atoms with Gasteiger partial charge in [0, 0.05) is 24.9 Å². The molecular weight excluding hydrogens is 254 g/mol. The van der Waals surface area contributed by atoms with E-state index in [1.54, 1.807) is 0 Å². The van der Waals surface area contributed by atoms with E-state index in [-0.39, 0.29) is 0 Å². The number of rotatable bonds is 0. The van der Waals surface area contributed by atoms with Crippen molar-refractivity contribution >= 4 is 18.2 Å². The molecule has 0 amide bonds. The molecule has 3 aliphatic heterocycles. The van der Waals surface area contributed by atoms with E-state index in [0.717, 1.165) is 0 Å². The topological polar surface area (TPSA) is 18.8 Å². The molecule has 3 nitrogen and oxygen atoms in total. The van der Waals surface area contributed by atoms with E-state index in [2.05, 4.69) is 40.6 Å². The van der Waals surface area contributed by atoms with Crippen LogP contribution in [0.1, 0.15) is 26.7 Å². The number of hydrogen-bond donors (Lipinski definition) is 0. The fourth-order valence-corrected chi connectivity index (χ4v) is 4.86. The Hall–Kier alpha value is -0.320. The van der Waals surface area contributed by atoms with E-state index in [9.17, 15) is 0 Å². The molecule has 0 aromatic heterocycles. The molecule has 2 saturated heterocycles. The predicted octanol–water partition coefficient (Wildman–Crippen LogP) is 2.90. The van der Waals surface area contributed by atoms with Crippen molar-refractivity contribution in [3.8, 4) is 0 Å². The highest BCUT2D eigenvalue weighted by molar-refractivity contribution is 7.98. The van der Waals surface area contributed by atoms with Gasteiger partial charge in [-0.15, -0.1) is 0 Å². The maximum Gasteiger partial charge on any atom is 0.0616 e. The molecule has 0 aliphatic carbocycles. The first-order valence-corrected chi connectivity index (χ1v) is 8.30. The van der Waals surface area contributed by atoms with Gasteiger partial charge in [-0.05, 0) is 45.4 Å². The van der Waals surface area contributed by atoms with Crippen molar-refractivity contribution in [3.63, 3.8) is 0 Å². The molecule has 0 saturated carbocycles. The molecular formula is C15H27N3S. The second-order valence-corrected chi connectivity index (χ2v) is 7.07. The minimum atomic E-state index is 0.486. The van der Waals surface area contributed by atoms with Gasteiger partial charge in [0.15, 0.2) is 0 Å². The van der Waals surface area contributed by atoms with Crippen LogP contribution in [0.5, 0.6) is 0 Å². The molecule has 0 bridgehead atoms. The smallest absolute Gasteiger partial charge is 0.0616 e. The summed E-state index contributed by atoms with van der Waals surface area (Å²) >= 11 is 1.96. The van der Waals surface area contributed by atoms with E-state index in [0.29, 0.717) is 16.6 Å². The third-order valence-electron chi connectivity index (χ3n) is 4.50. The molecule has 2 atom stereocenters. The van der Waals surface area contributed by atoms with Crippen LogP contribution < -0.4 is 0 Å². The fraction of sp³-hybridized carbons (Fsp3) is 0.800. The average Bonchev–Trinajstić information content (AvgIpc) is 2.44. The highest BCUT2D eigenvalue weighted by Crippen LogP contribution is 2.49. The van der Waals surface area contributed by atoms with Gasteiger partial charge >= 0.3 is 0 Å². The van der Waals surface area contributed by atoms with Gasteiger partial charge in [0.25, 0.3) is 0 Å². The quantitative estimate of drug-likeness (QED) is 0.636. The van der Waals surface area contributed by atoms with Gasteiger partial charge in [-0.2, -0.15) is 0 Å². The summed E-state index contributed by atoms with van der Waals surface area (Å²) in [5, 5.41) is 0.558. The number of hydrogen-bond acceptors (Lipinski definition) is 4. The van der Waals surface area contributed by atoms with Crippen molar-refractivity contribution in [3.05, 3.63) is 12.3 Å². The lowest BCUT2D eigenvalue weighted by Gasteiger charge is -2.52. The van der Waals surface area contributed by atoms with Gasteiger partial charge < -0.3 is 4.90 Å². The Morgan fingerprint density at radius 3 is 2.58 bits per heavy atom. The molecule has 0 radical (unpaired) electrons. The van der Waals surface area contributed by atoms with E-state index < -0.39 is 0 Å². The molecule has 0 aromatic carbocycles. The van der Waals surface area contributed by atoms with E-state index in [1.165, 1.54) is 32.5 Å². The Balaban J connectivity index is 0.000000637. The molecule has 4 heteroatoms. The summed E-state index contributed by atoms with van der Waals surface area (Å²) in [6.45, 7) is 7.71. The first-order valence-electron chi connectivity index (χ1n) is 7.46. The maximum atomic E-state index is 4.33. The number of aliphatic imine (C=N–C) groups is 1. The van der Waals surface area contributed by atoms with Crippen molar-refractivity contribution in [2.75, 3.05) is 33.7 Å². The summed E-state index contributed by atoms with van der Waals surface area (Å²) in [5.41, 5.74) is 0.486. The Bertz CT molecular complexity index is 345. The lowest BCUT2D eigenvalue weighted by Crippen LogP contribution is -2.53. The summed E-state index contributed by atoms with van der Waals surface area (Å²) in [7, 11) is 4.47. The Labute approximate surface area is 122 Å². The average molecular weight is 281 g/mol. The van der Waals surface area contributed by atoms with Crippen LogP contribution in [0.3, 0.4) is 0 Å². The molecule has 3 aliphatic rings. The minimum absolute atomic E-state index is 0.486. The van der Waals surface area contributed by atoms with Crippen molar-refractivity contribution < 1.29 is 0 Å². The first kappa shape index (κ1) is 15.1. The Morgan fingerprint density at radius 2 is 1.89 bits per heavy atom. The maximum absolute atomic E-state index is 4.33. The largest absolute Gasteiger partial charge is 0.306 e. The van der Waals surface area contributed by atoms with Gasteiger partial charge in [0.1, 0.15) is 0 Å². The molecule has 2 fully saturated rings. The summed E-state index contributed by atoms with van der Waals surface area (Å²) in [4.78, 5) is 6.79. The monoisotopic (exact) mass is 281 g/mol. The second-order valence-electron chi connectivity index (χ2n) is 5.69. The number of piperidine rings is 1. The fourth-order valence-electron chi connectivity index (χ4n) is 3.47. The summed E-state index contributed by atoms with van der Waals surface area (Å²) in [6, 6.07) is 0. The third kappa shape index (κ3) is 3.06. The van der Waals surface area contributed by atoms with Crippen molar-refractivity contribution in [1.82, 2.24) is 9.21 Å². The minimum Gasteiger partial charge on any atom is -0.306 e. The zero-order chi connectivity index (χ0) is 13.9. The Kier molecular flexibility index (Phi) is 5.09. The van der Waals surface area contributed by atoms with Gasteiger partial charge in [-0.1, -0.05) is 31.9 Å². The van der Waals surface area contributed by atoms with Crippen molar-refractivity contribution in [2.24, 2.45) is 16.3 Å². The number of fused-ring (bicyclic) bond motifs is 2. The molecule has 0 aromatic rings. The van der Waals surface area contributed by atoms with Crippen molar-refractivity contribution in [1.29, 1.82) is 0 Å². The molecule has 3 rings (SSSR count). The zero-order valence-corrected chi connectivity index (χ0v) is 13.5. The summed E-state index contributed by atoms with van der Waals surface area (Å²) in [5.74, 6) is 0.690. The van der Waals surface area contributed by atoms with E-state index in [4.69, 9.17) is 0 Å². The standard InChI is InChI=1S/C13H21N3S.C2H6/c1-15-7-4-13(5-8-15)10-16(2)17-12-9-14-6-3-11(12)13;1-2/h3,6,9,11-12H,4-5,7-8,10H2,1-2H3;1-2H3. The van der Waals surface area contributed by atoms with Gasteiger partial charge in [-0.25, -0.2) is 0 Å². The number of likely N-dealkylation sites (tertiary alicyclic amines) is 1. The highest BCUT2D eigenvalue weighted by Gasteiger charge is 2.47. The van der Waals surface area contributed by atoms with Crippen LogP contribution in [-0.4, -0.2) is 54.4 Å². The SMILES string of the molecule is CC.CN1CCC2(CC1)CN(C)SC1C=NC=CC12.